The van der Waals surface area contributed by atoms with Crippen LogP contribution in [-0.4, -0.2) is 16.5 Å². The van der Waals surface area contributed by atoms with Gasteiger partial charge in [-0.2, -0.15) is 0 Å². The molecule has 19 heavy (non-hydrogen) atoms. The molecule has 0 aliphatic carbocycles. The Balaban J connectivity index is 1.75. The van der Waals surface area contributed by atoms with Gasteiger partial charge in [-0.25, -0.2) is 4.98 Å². The molecule has 0 amide bonds. The second-order valence-electron chi connectivity index (χ2n) is 5.42. The number of rotatable bonds is 7. The number of aromatic nitrogens is 2. The van der Waals surface area contributed by atoms with E-state index >= 15 is 0 Å². The van der Waals surface area contributed by atoms with Crippen LogP contribution in [0.3, 0.4) is 0 Å². The Morgan fingerprint density at radius 2 is 1.89 bits per heavy atom. The quantitative estimate of drug-likeness (QED) is 0.771. The predicted molar refractivity (Wildman–Crippen MR) is 79.9 cm³/mol. The van der Waals surface area contributed by atoms with Gasteiger partial charge in [-0.05, 0) is 31.0 Å². The lowest BCUT2D eigenvalue weighted by Gasteiger charge is -2.06. The molecular weight excluding hydrogens is 234 g/mol. The van der Waals surface area contributed by atoms with Gasteiger partial charge in [-0.3, -0.25) is 4.98 Å². The largest absolute Gasteiger partial charge is 0.311 e. The minimum absolute atomic E-state index is 0.805. The first-order valence-corrected chi connectivity index (χ1v) is 7.17. The maximum Gasteiger partial charge on any atom is 0.0890 e. The van der Waals surface area contributed by atoms with Crippen molar-refractivity contribution in [1.82, 2.24) is 15.3 Å². The minimum Gasteiger partial charge on any atom is -0.311 e. The first-order valence-electron chi connectivity index (χ1n) is 7.17. The number of fused-ring (bicyclic) bond motifs is 1. The van der Waals surface area contributed by atoms with Crippen molar-refractivity contribution in [2.24, 2.45) is 5.92 Å². The van der Waals surface area contributed by atoms with Crippen molar-refractivity contribution >= 4 is 11.0 Å². The van der Waals surface area contributed by atoms with Crippen LogP contribution >= 0.6 is 0 Å². The maximum absolute atomic E-state index is 4.60. The van der Waals surface area contributed by atoms with Crippen molar-refractivity contribution in [3.63, 3.8) is 0 Å². The molecule has 0 saturated carbocycles. The fourth-order valence-electron chi connectivity index (χ4n) is 2.10. The van der Waals surface area contributed by atoms with Crippen LogP contribution in [0.15, 0.2) is 30.5 Å². The van der Waals surface area contributed by atoms with Gasteiger partial charge >= 0.3 is 0 Å². The van der Waals surface area contributed by atoms with E-state index in [1.807, 2.05) is 30.5 Å². The van der Waals surface area contributed by atoms with Gasteiger partial charge in [-0.15, -0.1) is 0 Å². The third kappa shape index (κ3) is 4.60. The second kappa shape index (κ2) is 7.19. The summed E-state index contributed by atoms with van der Waals surface area (Å²) >= 11 is 0. The highest BCUT2D eigenvalue weighted by Gasteiger charge is 1.99. The van der Waals surface area contributed by atoms with E-state index in [-0.39, 0.29) is 0 Å². The van der Waals surface area contributed by atoms with Crippen LogP contribution in [0.4, 0.5) is 0 Å². The first kappa shape index (κ1) is 13.9. The normalized spacial score (nSPS) is 11.3. The van der Waals surface area contributed by atoms with Gasteiger partial charge in [0.1, 0.15) is 0 Å². The molecule has 0 radical (unpaired) electrons. The number of unbranched alkanes of at least 4 members (excludes halogenated alkanes) is 1. The zero-order chi connectivity index (χ0) is 13.5. The molecule has 0 aliphatic heterocycles. The number of benzene rings is 1. The third-order valence-electron chi connectivity index (χ3n) is 3.19. The monoisotopic (exact) mass is 257 g/mol. The molecule has 1 aromatic carbocycles. The number of hydrogen-bond acceptors (Lipinski definition) is 3. The lowest BCUT2D eigenvalue weighted by atomic mass is 10.1. The molecule has 0 atom stereocenters. The highest BCUT2D eigenvalue weighted by atomic mass is 14.9. The molecule has 3 nitrogen and oxygen atoms in total. The first-order chi connectivity index (χ1) is 9.25. The zero-order valence-electron chi connectivity index (χ0n) is 11.9. The summed E-state index contributed by atoms with van der Waals surface area (Å²) in [7, 11) is 0. The predicted octanol–water partition coefficient (Wildman–Crippen LogP) is 3.55. The Morgan fingerprint density at radius 3 is 2.68 bits per heavy atom. The Hall–Kier alpha value is -1.48. The lowest BCUT2D eigenvalue weighted by Crippen LogP contribution is -2.16. The number of nitrogens with one attached hydrogen (secondary N) is 1. The van der Waals surface area contributed by atoms with Crippen molar-refractivity contribution in [2.75, 3.05) is 6.54 Å². The van der Waals surface area contributed by atoms with Gasteiger partial charge in [-0.1, -0.05) is 38.8 Å². The van der Waals surface area contributed by atoms with Crippen LogP contribution in [0.2, 0.25) is 0 Å². The Morgan fingerprint density at radius 1 is 1.11 bits per heavy atom. The van der Waals surface area contributed by atoms with Crippen LogP contribution in [0.25, 0.3) is 11.0 Å². The summed E-state index contributed by atoms with van der Waals surface area (Å²) < 4.78 is 0. The summed E-state index contributed by atoms with van der Waals surface area (Å²) in [5.74, 6) is 0.811. The fourth-order valence-corrected chi connectivity index (χ4v) is 2.10. The molecule has 0 fully saturated rings. The topological polar surface area (TPSA) is 37.8 Å². The summed E-state index contributed by atoms with van der Waals surface area (Å²) in [4.78, 5) is 9.01. The van der Waals surface area contributed by atoms with Gasteiger partial charge in [0.25, 0.3) is 0 Å². The number of hydrogen-bond donors (Lipinski definition) is 1. The van der Waals surface area contributed by atoms with Crippen LogP contribution in [0.1, 0.15) is 38.8 Å². The highest BCUT2D eigenvalue weighted by Crippen LogP contribution is 2.08. The van der Waals surface area contributed by atoms with Gasteiger partial charge in [0.15, 0.2) is 0 Å². The molecule has 1 aromatic heterocycles. The molecule has 0 bridgehead atoms. The van der Waals surface area contributed by atoms with Crippen LogP contribution in [-0.2, 0) is 6.54 Å². The van der Waals surface area contributed by atoms with Gasteiger partial charge in [0, 0.05) is 6.54 Å². The molecule has 1 N–H and O–H groups in total. The summed E-state index contributed by atoms with van der Waals surface area (Å²) in [6, 6.07) is 7.99. The molecule has 3 heteroatoms. The maximum atomic E-state index is 4.60. The Labute approximate surface area is 115 Å². The zero-order valence-corrected chi connectivity index (χ0v) is 11.9. The second-order valence-corrected chi connectivity index (χ2v) is 5.42. The highest BCUT2D eigenvalue weighted by molar-refractivity contribution is 5.73. The minimum atomic E-state index is 0.805. The van der Waals surface area contributed by atoms with Crippen LogP contribution < -0.4 is 5.32 Å². The summed E-state index contributed by atoms with van der Waals surface area (Å²) in [6.07, 6.45) is 5.72. The van der Waals surface area contributed by atoms with E-state index in [9.17, 15) is 0 Å². The van der Waals surface area contributed by atoms with E-state index in [1.54, 1.807) is 0 Å². The van der Waals surface area contributed by atoms with E-state index in [1.165, 1.54) is 19.3 Å². The average Bonchev–Trinajstić information content (AvgIpc) is 2.42. The molecule has 102 valence electrons. The van der Waals surface area contributed by atoms with E-state index in [4.69, 9.17) is 0 Å². The van der Waals surface area contributed by atoms with E-state index < -0.39 is 0 Å². The molecule has 0 saturated heterocycles. The molecule has 2 aromatic rings. The SMILES string of the molecule is CC(C)CCCCNCc1cnc2ccccc2n1. The van der Waals surface area contributed by atoms with Crippen LogP contribution in [0, 0.1) is 5.92 Å². The van der Waals surface area contributed by atoms with Crippen LogP contribution in [0.5, 0.6) is 0 Å². The summed E-state index contributed by atoms with van der Waals surface area (Å²) in [5, 5.41) is 3.44. The smallest absolute Gasteiger partial charge is 0.0890 e. The molecule has 2 rings (SSSR count). The van der Waals surface area contributed by atoms with Gasteiger partial charge < -0.3 is 5.32 Å². The molecule has 1 heterocycles. The number of para-hydroxylation sites is 2. The van der Waals surface area contributed by atoms with E-state index in [2.05, 4.69) is 29.1 Å². The van der Waals surface area contributed by atoms with Crippen molar-refractivity contribution in [2.45, 2.75) is 39.7 Å². The third-order valence-corrected chi connectivity index (χ3v) is 3.19. The van der Waals surface area contributed by atoms with E-state index in [0.29, 0.717) is 0 Å². The molecule has 0 unspecified atom stereocenters. The standard InChI is InChI=1S/C16H23N3/c1-13(2)7-5-6-10-17-11-14-12-18-15-8-3-4-9-16(15)19-14/h3-4,8-9,12-13,17H,5-7,10-11H2,1-2H3. The lowest BCUT2D eigenvalue weighted by molar-refractivity contribution is 0.519. The van der Waals surface area contributed by atoms with Crippen molar-refractivity contribution in [3.05, 3.63) is 36.2 Å². The summed E-state index contributed by atoms with van der Waals surface area (Å²) in [6.45, 7) is 6.41. The fraction of sp³-hybridized carbons (Fsp3) is 0.500. The Bertz CT molecular complexity index is 508. The molecule has 0 aliphatic rings. The summed E-state index contributed by atoms with van der Waals surface area (Å²) in [5.41, 5.74) is 2.95. The van der Waals surface area contributed by atoms with E-state index in [0.717, 1.165) is 35.7 Å². The molecule has 0 spiro atoms. The Kier molecular flexibility index (Phi) is 5.28. The molecular formula is C16H23N3. The number of nitrogens with zero attached hydrogens (tertiary/aromatic N) is 2. The van der Waals surface area contributed by atoms with Crippen molar-refractivity contribution in [3.8, 4) is 0 Å². The van der Waals surface area contributed by atoms with Crippen molar-refractivity contribution in [1.29, 1.82) is 0 Å². The van der Waals surface area contributed by atoms with Gasteiger partial charge in [0.2, 0.25) is 0 Å². The van der Waals surface area contributed by atoms with Crippen molar-refractivity contribution < 1.29 is 0 Å². The average molecular weight is 257 g/mol. The van der Waals surface area contributed by atoms with Gasteiger partial charge in [0.05, 0.1) is 22.9 Å².